The minimum atomic E-state index is -0.139. The molecule has 82 valence electrons. The van der Waals surface area contributed by atoms with Crippen molar-refractivity contribution < 1.29 is 9.53 Å². The third kappa shape index (κ3) is 2.18. The van der Waals surface area contributed by atoms with Crippen molar-refractivity contribution in [1.29, 1.82) is 5.26 Å². The molecule has 0 unspecified atom stereocenters. The topological polar surface area (TPSA) is 66.2 Å². The highest BCUT2D eigenvalue weighted by molar-refractivity contribution is 5.92. The molecule has 0 N–H and O–H groups in total. The molecule has 1 fully saturated rings. The molecule has 5 nitrogen and oxygen atoms in total. The Morgan fingerprint density at radius 3 is 2.88 bits per heavy atom. The Hall–Kier alpha value is -1.93. The second-order valence-corrected chi connectivity index (χ2v) is 3.42. The highest BCUT2D eigenvalue weighted by atomic mass is 16.5. The largest absolute Gasteiger partial charge is 0.378 e. The minimum Gasteiger partial charge on any atom is -0.378 e. The molecule has 1 aromatic heterocycles. The van der Waals surface area contributed by atoms with Crippen LogP contribution in [0.5, 0.6) is 0 Å². The lowest BCUT2D eigenvalue weighted by atomic mass is 10.2. The summed E-state index contributed by atoms with van der Waals surface area (Å²) >= 11 is 0. The van der Waals surface area contributed by atoms with E-state index in [1.54, 1.807) is 23.1 Å². The number of hydrogen-bond donors (Lipinski definition) is 0. The SMILES string of the molecule is N#Cc1cccc(C(=O)N2CCOCC2)n1. The molecule has 1 aliphatic heterocycles. The van der Waals surface area contributed by atoms with Crippen LogP contribution in [0.4, 0.5) is 0 Å². The maximum Gasteiger partial charge on any atom is 0.272 e. The van der Waals surface area contributed by atoms with E-state index >= 15 is 0 Å². The first kappa shape index (κ1) is 10.6. The summed E-state index contributed by atoms with van der Waals surface area (Å²) in [6.07, 6.45) is 0. The van der Waals surface area contributed by atoms with Crippen molar-refractivity contribution in [3.05, 3.63) is 29.6 Å². The van der Waals surface area contributed by atoms with Crippen LogP contribution in [0.15, 0.2) is 18.2 Å². The van der Waals surface area contributed by atoms with Crippen LogP contribution >= 0.6 is 0 Å². The van der Waals surface area contributed by atoms with E-state index in [-0.39, 0.29) is 11.6 Å². The van der Waals surface area contributed by atoms with Crippen LogP contribution in [0.1, 0.15) is 16.2 Å². The zero-order valence-electron chi connectivity index (χ0n) is 8.72. The first-order valence-electron chi connectivity index (χ1n) is 5.05. The van der Waals surface area contributed by atoms with Gasteiger partial charge in [-0.3, -0.25) is 4.79 Å². The standard InChI is InChI=1S/C11H11N3O2/c12-8-9-2-1-3-10(13-9)11(15)14-4-6-16-7-5-14/h1-3H,4-7H2. The number of aromatic nitrogens is 1. The van der Waals surface area contributed by atoms with E-state index in [1.807, 2.05) is 6.07 Å². The number of nitrogens with zero attached hydrogens (tertiary/aromatic N) is 3. The Balaban J connectivity index is 2.16. The van der Waals surface area contributed by atoms with Gasteiger partial charge in [-0.25, -0.2) is 4.98 Å². The molecule has 1 saturated heterocycles. The summed E-state index contributed by atoms with van der Waals surface area (Å²) in [5.41, 5.74) is 0.583. The van der Waals surface area contributed by atoms with E-state index in [2.05, 4.69) is 4.98 Å². The Morgan fingerprint density at radius 1 is 1.44 bits per heavy atom. The summed E-state index contributed by atoms with van der Waals surface area (Å²) < 4.78 is 5.16. The molecule has 0 saturated carbocycles. The third-order valence-corrected chi connectivity index (χ3v) is 2.38. The first-order valence-corrected chi connectivity index (χ1v) is 5.05. The molecule has 2 heterocycles. The molecular weight excluding hydrogens is 206 g/mol. The van der Waals surface area contributed by atoms with Gasteiger partial charge in [0.05, 0.1) is 13.2 Å². The van der Waals surface area contributed by atoms with Crippen molar-refractivity contribution in [3.63, 3.8) is 0 Å². The smallest absolute Gasteiger partial charge is 0.272 e. The van der Waals surface area contributed by atoms with Crippen LogP contribution in [0.3, 0.4) is 0 Å². The van der Waals surface area contributed by atoms with E-state index in [1.165, 1.54) is 0 Å². The second-order valence-electron chi connectivity index (χ2n) is 3.42. The quantitative estimate of drug-likeness (QED) is 0.684. The molecule has 1 aliphatic rings. The maximum atomic E-state index is 12.0. The Kier molecular flexibility index (Phi) is 3.13. The highest BCUT2D eigenvalue weighted by Gasteiger charge is 2.19. The molecule has 0 radical (unpaired) electrons. The van der Waals surface area contributed by atoms with Crippen molar-refractivity contribution in [3.8, 4) is 6.07 Å². The van der Waals surface area contributed by atoms with Gasteiger partial charge in [-0.15, -0.1) is 0 Å². The highest BCUT2D eigenvalue weighted by Crippen LogP contribution is 2.05. The van der Waals surface area contributed by atoms with Crippen LogP contribution in [-0.2, 0) is 4.74 Å². The average Bonchev–Trinajstić information content (AvgIpc) is 2.39. The predicted octanol–water partition coefficient (Wildman–Crippen LogP) is 0.426. The minimum absolute atomic E-state index is 0.139. The third-order valence-electron chi connectivity index (χ3n) is 2.38. The Labute approximate surface area is 93.3 Å². The summed E-state index contributed by atoms with van der Waals surface area (Å²) in [7, 11) is 0. The fraction of sp³-hybridized carbons (Fsp3) is 0.364. The Bertz CT molecular complexity index is 433. The summed E-state index contributed by atoms with van der Waals surface area (Å²) in [5, 5.41) is 8.70. The molecule has 16 heavy (non-hydrogen) atoms. The zero-order chi connectivity index (χ0) is 11.4. The molecule has 2 rings (SSSR count). The number of amides is 1. The van der Waals surface area contributed by atoms with Crippen molar-refractivity contribution in [1.82, 2.24) is 9.88 Å². The van der Waals surface area contributed by atoms with Gasteiger partial charge in [-0.2, -0.15) is 5.26 Å². The van der Waals surface area contributed by atoms with E-state index < -0.39 is 0 Å². The number of pyridine rings is 1. The fourth-order valence-electron chi connectivity index (χ4n) is 1.54. The summed E-state index contributed by atoms with van der Waals surface area (Å²) in [4.78, 5) is 17.6. The van der Waals surface area contributed by atoms with E-state index in [0.29, 0.717) is 32.0 Å². The van der Waals surface area contributed by atoms with E-state index in [4.69, 9.17) is 10.00 Å². The van der Waals surface area contributed by atoms with Gasteiger partial charge in [0, 0.05) is 13.1 Å². The summed E-state index contributed by atoms with van der Waals surface area (Å²) in [6.45, 7) is 2.28. The van der Waals surface area contributed by atoms with Crippen LogP contribution in [-0.4, -0.2) is 42.1 Å². The number of carbonyl (C=O) groups is 1. The fourth-order valence-corrected chi connectivity index (χ4v) is 1.54. The van der Waals surface area contributed by atoms with Gasteiger partial charge >= 0.3 is 0 Å². The Morgan fingerprint density at radius 2 is 2.19 bits per heavy atom. The van der Waals surface area contributed by atoms with Crippen LogP contribution < -0.4 is 0 Å². The molecule has 0 aliphatic carbocycles. The maximum absolute atomic E-state index is 12.0. The summed E-state index contributed by atoms with van der Waals surface area (Å²) in [5.74, 6) is -0.139. The molecule has 0 spiro atoms. The molecule has 0 aromatic carbocycles. The van der Waals surface area contributed by atoms with Crippen molar-refractivity contribution in [2.45, 2.75) is 0 Å². The summed E-state index contributed by atoms with van der Waals surface area (Å²) in [6, 6.07) is 6.79. The van der Waals surface area contributed by atoms with E-state index in [0.717, 1.165) is 0 Å². The van der Waals surface area contributed by atoms with Crippen LogP contribution in [0, 0.1) is 11.3 Å². The van der Waals surface area contributed by atoms with Gasteiger partial charge in [-0.1, -0.05) is 6.07 Å². The van der Waals surface area contributed by atoms with Gasteiger partial charge < -0.3 is 9.64 Å². The molecule has 0 atom stereocenters. The van der Waals surface area contributed by atoms with Crippen molar-refractivity contribution in [2.24, 2.45) is 0 Å². The lowest BCUT2D eigenvalue weighted by Crippen LogP contribution is -2.41. The zero-order valence-corrected chi connectivity index (χ0v) is 8.72. The van der Waals surface area contributed by atoms with Crippen molar-refractivity contribution >= 4 is 5.91 Å². The van der Waals surface area contributed by atoms with E-state index in [9.17, 15) is 4.79 Å². The van der Waals surface area contributed by atoms with Gasteiger partial charge in [-0.05, 0) is 12.1 Å². The number of hydrogen-bond acceptors (Lipinski definition) is 4. The number of morpholine rings is 1. The second kappa shape index (κ2) is 4.73. The van der Waals surface area contributed by atoms with Gasteiger partial charge in [0.1, 0.15) is 17.5 Å². The average molecular weight is 217 g/mol. The number of rotatable bonds is 1. The molecule has 0 bridgehead atoms. The number of nitriles is 1. The van der Waals surface area contributed by atoms with Crippen molar-refractivity contribution in [2.75, 3.05) is 26.3 Å². The van der Waals surface area contributed by atoms with Crippen LogP contribution in [0.25, 0.3) is 0 Å². The molecule has 5 heteroatoms. The van der Waals surface area contributed by atoms with Gasteiger partial charge in [0.2, 0.25) is 0 Å². The number of ether oxygens (including phenoxy) is 1. The predicted molar refractivity (Wildman–Crippen MR) is 55.7 cm³/mol. The van der Waals surface area contributed by atoms with Gasteiger partial charge in [0.15, 0.2) is 0 Å². The molecular formula is C11H11N3O2. The molecule has 1 amide bonds. The number of carbonyl (C=O) groups excluding carboxylic acids is 1. The first-order chi connectivity index (χ1) is 7.81. The lowest BCUT2D eigenvalue weighted by Gasteiger charge is -2.26. The lowest BCUT2D eigenvalue weighted by molar-refractivity contribution is 0.0299. The van der Waals surface area contributed by atoms with Gasteiger partial charge in [0.25, 0.3) is 5.91 Å². The normalized spacial score (nSPS) is 15.6. The van der Waals surface area contributed by atoms with Crippen LogP contribution in [0.2, 0.25) is 0 Å². The molecule has 1 aromatic rings. The monoisotopic (exact) mass is 217 g/mol.